The van der Waals surface area contributed by atoms with Gasteiger partial charge in [0.05, 0.1) is 27.5 Å². The molecule has 0 spiro atoms. The maximum atomic E-state index is 4.04. The summed E-state index contributed by atoms with van der Waals surface area (Å²) >= 11 is 1.98. The molecule has 11 rings (SSSR count). The topological polar surface area (TPSA) is 9.86 Å². The van der Waals surface area contributed by atoms with Crippen molar-refractivity contribution in [2.75, 3.05) is 11.5 Å². The zero-order valence-corrected chi connectivity index (χ0v) is 42.8. The van der Waals surface area contributed by atoms with Crippen molar-refractivity contribution in [2.45, 2.75) is 58.3 Å². The Labute approximate surface area is 430 Å². The SMILES string of the molecule is C#C.C=C(C)/C=C\C=C/Cc1cc(-n2c3ccccc3c3cc(C4(c5ccc6c(c5)c5ccccc5n6C(/C=C5/C/C=C\C=C/CSC5)=C/C)c5ccccc5-c5ccccc54)ccc32)ccc1C(C)CC. The standard InChI is InChI=1S/C67H60N2S.C2H2/c1-6-47(5)54-37-36-53(42-49(54)25-13-10-11-23-46(3)4)69-64-33-21-17-29-58(64)60-44-51(35-39-66(60)69)67(61-30-18-14-26-55(61)56-27-15-19-31-62(56)67)50-34-38-65-59(43-50)57-28-16-20-32-63(57)68(65)52(7-2)41-48-24-12-8-9-22-40-70-45-48;1-2/h7-23,26-39,41-44,47H,3,6,24-25,40,45H2,1-2,4-5H3;1-2H/b12-8-,13-10-,22-9-,23-11-,48-41-,52-7+;. The predicted octanol–water partition coefficient (Wildman–Crippen LogP) is 18.3. The van der Waals surface area contributed by atoms with Gasteiger partial charge in [0.15, 0.2) is 0 Å². The van der Waals surface area contributed by atoms with Crippen molar-refractivity contribution in [2.24, 2.45) is 0 Å². The number of thioether (sulfide) groups is 1. The van der Waals surface area contributed by atoms with Gasteiger partial charge < -0.3 is 9.13 Å². The van der Waals surface area contributed by atoms with Crippen LogP contribution in [-0.2, 0) is 11.8 Å². The van der Waals surface area contributed by atoms with Gasteiger partial charge in [0.1, 0.15) is 0 Å². The molecule has 3 heteroatoms. The van der Waals surface area contributed by atoms with Gasteiger partial charge in [0, 0.05) is 44.4 Å². The van der Waals surface area contributed by atoms with E-state index in [0.717, 1.165) is 36.3 Å². The molecule has 2 nitrogen and oxygen atoms in total. The third-order valence-electron chi connectivity index (χ3n) is 14.8. The van der Waals surface area contributed by atoms with Crippen LogP contribution in [-0.4, -0.2) is 20.6 Å². The van der Waals surface area contributed by atoms with E-state index in [1.54, 1.807) is 0 Å². The Morgan fingerprint density at radius 1 is 0.694 bits per heavy atom. The van der Waals surface area contributed by atoms with E-state index in [9.17, 15) is 0 Å². The second kappa shape index (κ2) is 20.9. The third-order valence-corrected chi connectivity index (χ3v) is 15.8. The van der Waals surface area contributed by atoms with Crippen LogP contribution in [0.1, 0.15) is 79.8 Å². The maximum absolute atomic E-state index is 4.04. The molecule has 0 N–H and O–H groups in total. The number of fused-ring (bicyclic) bond motifs is 9. The maximum Gasteiger partial charge on any atom is 0.0714 e. The Morgan fingerprint density at radius 2 is 1.29 bits per heavy atom. The van der Waals surface area contributed by atoms with Crippen molar-refractivity contribution in [3.05, 3.63) is 264 Å². The van der Waals surface area contributed by atoms with E-state index in [4.69, 9.17) is 0 Å². The zero-order chi connectivity index (χ0) is 49.8. The highest BCUT2D eigenvalue weighted by Crippen LogP contribution is 2.57. The average molecular weight is 951 g/mol. The average Bonchev–Trinajstić information content (AvgIpc) is 4.07. The summed E-state index contributed by atoms with van der Waals surface area (Å²) in [6, 6.07) is 58.1. The van der Waals surface area contributed by atoms with Crippen molar-refractivity contribution in [3.8, 4) is 29.7 Å². The number of terminal acetylenes is 1. The van der Waals surface area contributed by atoms with Gasteiger partial charge in [-0.05, 0) is 138 Å². The summed E-state index contributed by atoms with van der Waals surface area (Å²) in [4.78, 5) is 0. The molecular formula is C69H62N2S. The highest BCUT2D eigenvalue weighted by molar-refractivity contribution is 7.99. The Morgan fingerprint density at radius 3 is 1.99 bits per heavy atom. The summed E-state index contributed by atoms with van der Waals surface area (Å²) in [7, 11) is 0. The van der Waals surface area contributed by atoms with Crippen LogP contribution in [0.4, 0.5) is 0 Å². The fourth-order valence-electron chi connectivity index (χ4n) is 11.4. The number of allylic oxidation sites excluding steroid dienone is 11. The lowest BCUT2D eigenvalue weighted by Crippen LogP contribution is -2.28. The third kappa shape index (κ3) is 8.44. The van der Waals surface area contributed by atoms with Crippen LogP contribution >= 0.6 is 11.8 Å². The Balaban J connectivity index is 0.00000295. The van der Waals surface area contributed by atoms with Crippen molar-refractivity contribution in [1.82, 2.24) is 9.13 Å². The van der Waals surface area contributed by atoms with Crippen molar-refractivity contribution >= 4 is 61.1 Å². The first-order chi connectivity index (χ1) is 35.4. The summed E-state index contributed by atoms with van der Waals surface area (Å²) < 4.78 is 4.98. The number of rotatable bonds is 11. The number of hydrogen-bond donors (Lipinski definition) is 0. The molecule has 0 bridgehead atoms. The second-order valence-corrected chi connectivity index (χ2v) is 20.2. The minimum Gasteiger partial charge on any atom is -0.310 e. The first kappa shape index (κ1) is 47.9. The summed E-state index contributed by atoms with van der Waals surface area (Å²) in [6.45, 7) is 12.9. The largest absolute Gasteiger partial charge is 0.310 e. The number of aromatic nitrogens is 2. The molecular weight excluding hydrogens is 889 g/mol. The van der Waals surface area contributed by atoms with E-state index in [0.29, 0.717) is 5.92 Å². The molecule has 1 atom stereocenters. The van der Waals surface area contributed by atoms with Gasteiger partial charge in [-0.25, -0.2) is 0 Å². The van der Waals surface area contributed by atoms with Gasteiger partial charge >= 0.3 is 0 Å². The van der Waals surface area contributed by atoms with Crippen LogP contribution in [0, 0.1) is 12.8 Å². The molecule has 2 aromatic heterocycles. The lowest BCUT2D eigenvalue weighted by atomic mass is 9.67. The quantitative estimate of drug-likeness (QED) is 0.0928. The predicted molar refractivity (Wildman–Crippen MR) is 315 cm³/mol. The zero-order valence-electron chi connectivity index (χ0n) is 42.0. The molecule has 0 amide bonds. The molecule has 354 valence electrons. The van der Waals surface area contributed by atoms with Crippen LogP contribution in [0.5, 0.6) is 0 Å². The van der Waals surface area contributed by atoms with E-state index in [1.807, 2.05) is 18.7 Å². The first-order valence-corrected chi connectivity index (χ1v) is 26.5. The van der Waals surface area contributed by atoms with Crippen molar-refractivity contribution in [3.63, 3.8) is 0 Å². The van der Waals surface area contributed by atoms with Gasteiger partial charge in [-0.3, -0.25) is 0 Å². The van der Waals surface area contributed by atoms with Gasteiger partial charge in [-0.15, -0.1) is 12.8 Å². The lowest BCUT2D eigenvalue weighted by Gasteiger charge is -2.34. The molecule has 2 aliphatic rings. The van der Waals surface area contributed by atoms with E-state index in [2.05, 4.69) is 262 Å². The minimum absolute atomic E-state index is 0.464. The molecule has 9 aromatic rings. The summed E-state index contributed by atoms with van der Waals surface area (Å²) in [5.74, 6) is 2.50. The van der Waals surface area contributed by atoms with Crippen LogP contribution < -0.4 is 0 Å². The molecule has 0 saturated heterocycles. The Bertz CT molecular complexity index is 3690. The normalized spacial score (nSPS) is 16.4. The summed E-state index contributed by atoms with van der Waals surface area (Å²) in [5.41, 5.74) is 19.7. The lowest BCUT2D eigenvalue weighted by molar-refractivity contribution is 0.725. The van der Waals surface area contributed by atoms with Crippen molar-refractivity contribution < 1.29 is 0 Å². The molecule has 0 saturated carbocycles. The minimum atomic E-state index is -0.585. The molecule has 3 heterocycles. The van der Waals surface area contributed by atoms with Crippen LogP contribution in [0.3, 0.4) is 0 Å². The molecule has 0 radical (unpaired) electrons. The van der Waals surface area contributed by atoms with Gasteiger partial charge in [0.2, 0.25) is 0 Å². The molecule has 0 fully saturated rings. The molecule has 1 aliphatic heterocycles. The highest BCUT2D eigenvalue weighted by atomic mass is 32.2. The van der Waals surface area contributed by atoms with Crippen LogP contribution in [0.2, 0.25) is 0 Å². The summed E-state index contributed by atoms with van der Waals surface area (Å²) in [6.07, 6.45) is 33.1. The number of para-hydroxylation sites is 2. The first-order valence-electron chi connectivity index (χ1n) is 25.4. The molecule has 7 aromatic carbocycles. The molecule has 1 aliphatic carbocycles. The van der Waals surface area contributed by atoms with E-state index in [1.165, 1.54) is 105 Å². The Kier molecular flexibility index (Phi) is 13.9. The smallest absolute Gasteiger partial charge is 0.0714 e. The molecule has 1 unspecified atom stereocenters. The van der Waals surface area contributed by atoms with Crippen LogP contribution in [0.25, 0.3) is 66.1 Å². The Hall–Kier alpha value is -7.77. The number of hydrogen-bond acceptors (Lipinski definition) is 1. The summed E-state index contributed by atoms with van der Waals surface area (Å²) in [5, 5.41) is 5.03. The second-order valence-electron chi connectivity index (χ2n) is 19.1. The van der Waals surface area contributed by atoms with Gasteiger partial charge in [0.25, 0.3) is 0 Å². The van der Waals surface area contributed by atoms with Crippen LogP contribution in [0.15, 0.2) is 230 Å². The van der Waals surface area contributed by atoms with E-state index < -0.39 is 5.41 Å². The number of benzene rings is 7. The van der Waals surface area contributed by atoms with E-state index >= 15 is 0 Å². The van der Waals surface area contributed by atoms with E-state index in [-0.39, 0.29) is 0 Å². The monoisotopic (exact) mass is 950 g/mol. The fourth-order valence-corrected chi connectivity index (χ4v) is 12.3. The number of nitrogens with zero attached hydrogens (tertiary/aromatic N) is 2. The van der Waals surface area contributed by atoms with Crippen molar-refractivity contribution in [1.29, 1.82) is 0 Å². The molecule has 72 heavy (non-hydrogen) atoms. The fraction of sp³-hybridized carbons (Fsp3) is 0.159. The van der Waals surface area contributed by atoms with Gasteiger partial charge in [-0.1, -0.05) is 189 Å². The highest BCUT2D eigenvalue weighted by Gasteiger charge is 2.46. The van der Waals surface area contributed by atoms with Gasteiger partial charge in [-0.2, -0.15) is 11.8 Å².